The second kappa shape index (κ2) is 43.0. The Bertz CT molecular complexity index is 957. The molecule has 6 nitrogen and oxygen atoms in total. The van der Waals surface area contributed by atoms with Crippen LogP contribution in [0.2, 0.25) is 0 Å². The predicted octanol–water partition coefficient (Wildman–Crippen LogP) is 13.5. The fourth-order valence-corrected chi connectivity index (χ4v) is 6.98. The van der Waals surface area contributed by atoms with Gasteiger partial charge < -0.3 is 20.3 Å². The highest BCUT2D eigenvalue weighted by atomic mass is 16.5. The molecule has 0 saturated heterocycles. The molecule has 0 saturated carbocycles. The molecule has 55 heavy (non-hydrogen) atoms. The number of esters is 1. The summed E-state index contributed by atoms with van der Waals surface area (Å²) in [7, 11) is 0. The van der Waals surface area contributed by atoms with E-state index in [0.29, 0.717) is 19.3 Å². The minimum Gasteiger partial charge on any atom is -0.462 e. The normalized spacial score (nSPS) is 13.8. The Balaban J connectivity index is 4.54. The lowest BCUT2D eigenvalue weighted by molar-refractivity contribution is -0.151. The van der Waals surface area contributed by atoms with Gasteiger partial charge in [0.15, 0.2) is 0 Å². The lowest BCUT2D eigenvalue weighted by Crippen LogP contribution is -2.46. The number of hydrogen-bond acceptors (Lipinski definition) is 5. The predicted molar refractivity (Wildman–Crippen MR) is 236 cm³/mol. The van der Waals surface area contributed by atoms with Crippen molar-refractivity contribution in [1.82, 2.24) is 5.32 Å². The summed E-state index contributed by atoms with van der Waals surface area (Å²) in [6.45, 7) is 6.29. The maximum atomic E-state index is 13.1. The summed E-state index contributed by atoms with van der Waals surface area (Å²) < 4.78 is 5.85. The standard InChI is InChI=1S/C49H89NO5/c1-4-7-10-13-16-19-21-22-23-24-25-27-30-32-35-38-41-47(52)46(44-51)50-48(53)43-45(40-37-34-31-29-26-20-17-14-11-8-5-2)55-49(54)42-39-36-33-28-18-15-12-9-6-3/h8,11,14,17,20,26,29,31,45-47,51-52H,4-7,9-10,12-13,15-16,18-19,21-25,27-28,30,32-44H2,1-3H3,(H,50,53)/b11-8+,17-14+,26-20-,31-29-. The quantitative estimate of drug-likeness (QED) is 0.0327. The highest BCUT2D eigenvalue weighted by Crippen LogP contribution is 2.17. The number of aliphatic hydroxyl groups excluding tert-OH is 2. The van der Waals surface area contributed by atoms with Crippen molar-refractivity contribution in [2.75, 3.05) is 6.61 Å². The van der Waals surface area contributed by atoms with Gasteiger partial charge in [-0.3, -0.25) is 9.59 Å². The topological polar surface area (TPSA) is 95.9 Å². The van der Waals surface area contributed by atoms with Crippen LogP contribution in [0.5, 0.6) is 0 Å². The Morgan fingerprint density at radius 3 is 1.45 bits per heavy atom. The smallest absolute Gasteiger partial charge is 0.306 e. The number of allylic oxidation sites excluding steroid dienone is 8. The van der Waals surface area contributed by atoms with E-state index in [1.165, 1.54) is 122 Å². The molecule has 0 radical (unpaired) electrons. The molecular formula is C49H89NO5. The number of aliphatic hydroxyl groups is 2. The van der Waals surface area contributed by atoms with Gasteiger partial charge in [0.25, 0.3) is 0 Å². The molecule has 0 aromatic heterocycles. The fraction of sp³-hybridized carbons (Fsp3) is 0.796. The summed E-state index contributed by atoms with van der Waals surface area (Å²) in [5, 5.41) is 23.6. The zero-order valence-electron chi connectivity index (χ0n) is 36.3. The molecule has 1 amide bonds. The Morgan fingerprint density at radius 2 is 0.982 bits per heavy atom. The molecule has 0 aromatic carbocycles. The van der Waals surface area contributed by atoms with Crippen molar-refractivity contribution in [2.24, 2.45) is 0 Å². The van der Waals surface area contributed by atoms with Crippen molar-refractivity contribution in [2.45, 2.75) is 244 Å². The van der Waals surface area contributed by atoms with Crippen LogP contribution in [0.3, 0.4) is 0 Å². The number of rotatable bonds is 41. The van der Waals surface area contributed by atoms with Crippen molar-refractivity contribution in [3.8, 4) is 0 Å². The van der Waals surface area contributed by atoms with Gasteiger partial charge in [-0.1, -0.05) is 223 Å². The average molecular weight is 772 g/mol. The number of carbonyl (C=O) groups is 2. The van der Waals surface area contributed by atoms with Crippen LogP contribution in [0.1, 0.15) is 226 Å². The second-order valence-corrected chi connectivity index (χ2v) is 15.9. The number of unbranched alkanes of at least 4 members (excludes halogenated alkanes) is 24. The van der Waals surface area contributed by atoms with E-state index in [9.17, 15) is 19.8 Å². The van der Waals surface area contributed by atoms with E-state index in [4.69, 9.17) is 4.74 Å². The molecule has 0 aromatic rings. The number of nitrogens with one attached hydrogen (secondary N) is 1. The lowest BCUT2D eigenvalue weighted by Gasteiger charge is -2.24. The molecule has 3 N–H and O–H groups in total. The van der Waals surface area contributed by atoms with Gasteiger partial charge in [0.05, 0.1) is 25.2 Å². The van der Waals surface area contributed by atoms with Gasteiger partial charge in [0.1, 0.15) is 6.10 Å². The van der Waals surface area contributed by atoms with Crippen molar-refractivity contribution in [1.29, 1.82) is 0 Å². The zero-order valence-corrected chi connectivity index (χ0v) is 36.3. The third kappa shape index (κ3) is 38.5. The molecule has 0 aliphatic carbocycles. The van der Waals surface area contributed by atoms with Crippen molar-refractivity contribution in [3.63, 3.8) is 0 Å². The van der Waals surface area contributed by atoms with Crippen LogP contribution in [-0.2, 0) is 14.3 Å². The van der Waals surface area contributed by atoms with Gasteiger partial charge in [-0.15, -0.1) is 0 Å². The molecule has 0 heterocycles. The van der Waals surface area contributed by atoms with Crippen LogP contribution >= 0.6 is 0 Å². The van der Waals surface area contributed by atoms with Crippen LogP contribution in [-0.4, -0.2) is 46.9 Å². The van der Waals surface area contributed by atoms with Gasteiger partial charge in [0, 0.05) is 6.42 Å². The van der Waals surface area contributed by atoms with Crippen LogP contribution in [0.25, 0.3) is 0 Å². The largest absolute Gasteiger partial charge is 0.462 e. The molecule has 0 bridgehead atoms. The summed E-state index contributed by atoms with van der Waals surface area (Å²) >= 11 is 0. The van der Waals surface area contributed by atoms with Gasteiger partial charge in [-0.2, -0.15) is 0 Å². The van der Waals surface area contributed by atoms with E-state index in [0.717, 1.165) is 57.8 Å². The highest BCUT2D eigenvalue weighted by molar-refractivity contribution is 5.77. The Labute approximate surface area is 340 Å². The second-order valence-electron chi connectivity index (χ2n) is 15.9. The summed E-state index contributed by atoms with van der Waals surface area (Å²) in [6, 6.07) is -0.719. The van der Waals surface area contributed by atoms with Crippen molar-refractivity contribution >= 4 is 11.9 Å². The third-order valence-electron chi connectivity index (χ3n) is 10.5. The van der Waals surface area contributed by atoms with Crippen LogP contribution in [0.15, 0.2) is 48.6 Å². The molecule has 6 heteroatoms. The van der Waals surface area contributed by atoms with Crippen molar-refractivity contribution in [3.05, 3.63) is 48.6 Å². The molecule has 0 aliphatic heterocycles. The Hall–Kier alpha value is -2.18. The van der Waals surface area contributed by atoms with Crippen LogP contribution in [0, 0.1) is 0 Å². The van der Waals surface area contributed by atoms with E-state index in [1.807, 2.05) is 36.5 Å². The van der Waals surface area contributed by atoms with Crippen LogP contribution < -0.4 is 5.32 Å². The minimum atomic E-state index is -0.802. The first-order chi connectivity index (χ1) is 27.0. The maximum Gasteiger partial charge on any atom is 0.306 e. The zero-order chi connectivity index (χ0) is 40.3. The molecular weight excluding hydrogens is 683 g/mol. The third-order valence-corrected chi connectivity index (χ3v) is 10.5. The van der Waals surface area contributed by atoms with Crippen molar-refractivity contribution < 1.29 is 24.5 Å². The first-order valence-corrected chi connectivity index (χ1v) is 23.4. The summed E-state index contributed by atoms with van der Waals surface area (Å²) in [5.74, 6) is -0.543. The van der Waals surface area contributed by atoms with E-state index in [1.54, 1.807) is 0 Å². The summed E-state index contributed by atoms with van der Waals surface area (Å²) in [5.41, 5.74) is 0. The first-order valence-electron chi connectivity index (χ1n) is 23.4. The average Bonchev–Trinajstić information content (AvgIpc) is 3.18. The van der Waals surface area contributed by atoms with Gasteiger partial charge in [0.2, 0.25) is 5.91 Å². The van der Waals surface area contributed by atoms with Gasteiger partial charge in [-0.05, 0) is 38.5 Å². The molecule has 3 unspecified atom stereocenters. The fourth-order valence-electron chi connectivity index (χ4n) is 6.98. The first kappa shape index (κ1) is 52.8. The van der Waals surface area contributed by atoms with Gasteiger partial charge in [-0.25, -0.2) is 0 Å². The minimum absolute atomic E-state index is 0.0332. The van der Waals surface area contributed by atoms with Crippen LogP contribution in [0.4, 0.5) is 0 Å². The van der Waals surface area contributed by atoms with E-state index in [2.05, 4.69) is 38.2 Å². The molecule has 0 spiro atoms. The number of carbonyl (C=O) groups excluding carboxylic acids is 2. The van der Waals surface area contributed by atoms with E-state index < -0.39 is 18.2 Å². The maximum absolute atomic E-state index is 13.1. The van der Waals surface area contributed by atoms with Gasteiger partial charge >= 0.3 is 5.97 Å². The summed E-state index contributed by atoms with van der Waals surface area (Å²) in [6.07, 6.45) is 50.4. The molecule has 320 valence electrons. The Kier molecular flexibility index (Phi) is 41.2. The molecule has 0 fully saturated rings. The monoisotopic (exact) mass is 772 g/mol. The molecule has 3 atom stereocenters. The number of hydrogen-bond donors (Lipinski definition) is 3. The SMILES string of the molecule is CC/C=C/C=C/C=C\C=C/CCCC(CC(=O)NC(CO)C(O)CCCCCCCCCCCCCCCCCC)OC(=O)CCCCCCCCCCC. The molecule has 0 rings (SSSR count). The number of ether oxygens (including phenoxy) is 1. The van der Waals surface area contributed by atoms with E-state index in [-0.39, 0.29) is 24.9 Å². The van der Waals surface area contributed by atoms with E-state index >= 15 is 0 Å². The summed E-state index contributed by atoms with van der Waals surface area (Å²) in [4.78, 5) is 25.9. The number of amides is 1. The molecule has 0 aliphatic rings. The lowest BCUT2D eigenvalue weighted by atomic mass is 10.0. The highest BCUT2D eigenvalue weighted by Gasteiger charge is 2.24. The Morgan fingerprint density at radius 1 is 0.545 bits per heavy atom.